The molecule has 102 valence electrons. The van der Waals surface area contributed by atoms with Gasteiger partial charge < -0.3 is 9.84 Å². The normalized spacial score (nSPS) is 10.1. The summed E-state index contributed by atoms with van der Waals surface area (Å²) in [5.74, 6) is -0.450. The lowest BCUT2D eigenvalue weighted by Gasteiger charge is -2.06. The largest absolute Gasteiger partial charge is 0.507 e. The minimum Gasteiger partial charge on any atom is -0.507 e. The lowest BCUT2D eigenvalue weighted by molar-refractivity contribution is 0.0526. The van der Waals surface area contributed by atoms with Crippen LogP contribution in [0, 0.1) is 0 Å². The Hall–Kier alpha value is -2.62. The SMILES string of the molecule is CCOC(=O)c1cccc(-c2ccc(O)c(C=O)c2)c1. The van der Waals surface area contributed by atoms with Crippen molar-refractivity contribution in [1.29, 1.82) is 0 Å². The Balaban J connectivity index is 2.40. The Morgan fingerprint density at radius 2 is 1.95 bits per heavy atom. The Morgan fingerprint density at radius 3 is 2.65 bits per heavy atom. The number of rotatable bonds is 4. The fourth-order valence-corrected chi connectivity index (χ4v) is 1.87. The number of ether oxygens (including phenoxy) is 1. The first kappa shape index (κ1) is 13.8. The van der Waals surface area contributed by atoms with Crippen molar-refractivity contribution in [3.8, 4) is 16.9 Å². The lowest BCUT2D eigenvalue weighted by Crippen LogP contribution is -2.04. The molecule has 4 heteroatoms. The van der Waals surface area contributed by atoms with Gasteiger partial charge >= 0.3 is 5.97 Å². The van der Waals surface area contributed by atoms with Crippen molar-refractivity contribution in [1.82, 2.24) is 0 Å². The first-order chi connectivity index (χ1) is 9.65. The summed E-state index contributed by atoms with van der Waals surface area (Å²) in [6, 6.07) is 11.6. The number of hydrogen-bond donors (Lipinski definition) is 1. The molecule has 0 aliphatic carbocycles. The van der Waals surface area contributed by atoms with Crippen LogP contribution in [0.5, 0.6) is 5.75 Å². The number of carbonyl (C=O) groups excluding carboxylic acids is 2. The molecule has 0 atom stereocenters. The van der Waals surface area contributed by atoms with Crippen LogP contribution in [0.1, 0.15) is 27.6 Å². The fraction of sp³-hybridized carbons (Fsp3) is 0.125. The zero-order valence-corrected chi connectivity index (χ0v) is 11.0. The molecule has 0 amide bonds. The molecule has 0 heterocycles. The quantitative estimate of drug-likeness (QED) is 0.685. The molecule has 0 aliphatic heterocycles. The molecule has 2 rings (SSSR count). The summed E-state index contributed by atoms with van der Waals surface area (Å²) in [7, 11) is 0. The van der Waals surface area contributed by atoms with Gasteiger partial charge in [-0.15, -0.1) is 0 Å². The predicted octanol–water partition coefficient (Wildman–Crippen LogP) is 3.05. The molecule has 0 aromatic heterocycles. The van der Waals surface area contributed by atoms with E-state index in [1.807, 2.05) is 6.07 Å². The van der Waals surface area contributed by atoms with Crippen LogP contribution in [0.2, 0.25) is 0 Å². The van der Waals surface area contributed by atoms with Crippen molar-refractivity contribution in [2.24, 2.45) is 0 Å². The minimum atomic E-state index is -0.385. The van der Waals surface area contributed by atoms with Crippen molar-refractivity contribution >= 4 is 12.3 Å². The number of aldehydes is 1. The van der Waals surface area contributed by atoms with Crippen LogP contribution in [0.3, 0.4) is 0 Å². The highest BCUT2D eigenvalue weighted by Crippen LogP contribution is 2.25. The van der Waals surface area contributed by atoms with Gasteiger partial charge in [-0.05, 0) is 42.3 Å². The van der Waals surface area contributed by atoms with E-state index in [0.29, 0.717) is 18.5 Å². The van der Waals surface area contributed by atoms with Crippen molar-refractivity contribution in [2.75, 3.05) is 6.61 Å². The number of aromatic hydroxyl groups is 1. The summed E-state index contributed by atoms with van der Waals surface area (Å²) in [4.78, 5) is 22.5. The minimum absolute atomic E-state index is 0.0645. The number of phenolic OH excluding ortho intramolecular Hbond substituents is 1. The van der Waals surface area contributed by atoms with Gasteiger partial charge in [-0.2, -0.15) is 0 Å². The van der Waals surface area contributed by atoms with Gasteiger partial charge in [0.1, 0.15) is 5.75 Å². The highest BCUT2D eigenvalue weighted by molar-refractivity contribution is 5.91. The molecule has 20 heavy (non-hydrogen) atoms. The molecule has 0 unspecified atom stereocenters. The zero-order valence-electron chi connectivity index (χ0n) is 11.0. The first-order valence-electron chi connectivity index (χ1n) is 6.21. The van der Waals surface area contributed by atoms with E-state index in [1.54, 1.807) is 37.3 Å². The third-order valence-electron chi connectivity index (χ3n) is 2.86. The summed E-state index contributed by atoms with van der Waals surface area (Å²) in [5, 5.41) is 9.49. The van der Waals surface area contributed by atoms with Crippen molar-refractivity contribution in [3.05, 3.63) is 53.6 Å². The maximum Gasteiger partial charge on any atom is 0.338 e. The lowest BCUT2D eigenvalue weighted by atomic mass is 10.0. The summed E-state index contributed by atoms with van der Waals surface area (Å²) in [6.07, 6.45) is 0.591. The molecule has 0 spiro atoms. The zero-order chi connectivity index (χ0) is 14.5. The van der Waals surface area contributed by atoms with Crippen molar-refractivity contribution in [3.63, 3.8) is 0 Å². The third kappa shape index (κ3) is 2.85. The predicted molar refractivity (Wildman–Crippen MR) is 74.9 cm³/mol. The summed E-state index contributed by atoms with van der Waals surface area (Å²) in [5.41, 5.74) is 2.18. The number of carbonyl (C=O) groups is 2. The third-order valence-corrected chi connectivity index (χ3v) is 2.86. The van der Waals surface area contributed by atoms with Crippen LogP contribution < -0.4 is 0 Å². The first-order valence-corrected chi connectivity index (χ1v) is 6.21. The van der Waals surface area contributed by atoms with Crippen molar-refractivity contribution in [2.45, 2.75) is 6.92 Å². The molecular formula is C16H14O4. The highest BCUT2D eigenvalue weighted by atomic mass is 16.5. The molecule has 0 saturated heterocycles. The monoisotopic (exact) mass is 270 g/mol. The number of hydrogen-bond acceptors (Lipinski definition) is 4. The summed E-state index contributed by atoms with van der Waals surface area (Å²) < 4.78 is 4.95. The Labute approximate surface area is 116 Å². The smallest absolute Gasteiger partial charge is 0.338 e. The van der Waals surface area contributed by atoms with E-state index in [2.05, 4.69) is 0 Å². The standard InChI is InChI=1S/C16H14O4/c1-2-20-16(19)13-5-3-4-11(8-13)12-6-7-15(18)14(9-12)10-17/h3-10,18H,2H2,1H3. The molecule has 0 radical (unpaired) electrons. The molecule has 2 aromatic carbocycles. The second-order valence-electron chi connectivity index (χ2n) is 4.19. The molecule has 2 aromatic rings. The maximum atomic E-state index is 11.7. The maximum absolute atomic E-state index is 11.7. The summed E-state index contributed by atoms with van der Waals surface area (Å²) >= 11 is 0. The van der Waals surface area contributed by atoms with Crippen LogP contribution in [0.15, 0.2) is 42.5 Å². The molecule has 0 bridgehead atoms. The van der Waals surface area contributed by atoms with E-state index in [4.69, 9.17) is 4.74 Å². The highest BCUT2D eigenvalue weighted by Gasteiger charge is 2.09. The molecule has 0 aliphatic rings. The van der Waals surface area contributed by atoms with Gasteiger partial charge in [-0.25, -0.2) is 4.79 Å². The second-order valence-corrected chi connectivity index (χ2v) is 4.19. The number of esters is 1. The van der Waals surface area contributed by atoms with Crippen LogP contribution in [0.4, 0.5) is 0 Å². The Bertz CT molecular complexity index is 647. The van der Waals surface area contributed by atoms with Gasteiger partial charge in [-0.1, -0.05) is 18.2 Å². The molecular weight excluding hydrogens is 256 g/mol. The van der Waals surface area contributed by atoms with E-state index in [0.717, 1.165) is 11.1 Å². The van der Waals surface area contributed by atoms with E-state index in [9.17, 15) is 14.7 Å². The average Bonchev–Trinajstić information content (AvgIpc) is 2.48. The van der Waals surface area contributed by atoms with Crippen LogP contribution in [-0.4, -0.2) is 24.0 Å². The van der Waals surface area contributed by atoms with Gasteiger partial charge in [0.2, 0.25) is 0 Å². The van der Waals surface area contributed by atoms with E-state index in [1.165, 1.54) is 6.07 Å². The molecule has 1 N–H and O–H groups in total. The fourth-order valence-electron chi connectivity index (χ4n) is 1.87. The van der Waals surface area contributed by atoms with Gasteiger partial charge in [0, 0.05) is 0 Å². The topological polar surface area (TPSA) is 63.6 Å². The van der Waals surface area contributed by atoms with Gasteiger partial charge in [0.25, 0.3) is 0 Å². The van der Waals surface area contributed by atoms with Crippen molar-refractivity contribution < 1.29 is 19.4 Å². The van der Waals surface area contributed by atoms with Crippen LogP contribution >= 0.6 is 0 Å². The van der Waals surface area contributed by atoms with Crippen LogP contribution in [0.25, 0.3) is 11.1 Å². The molecule has 4 nitrogen and oxygen atoms in total. The van der Waals surface area contributed by atoms with Gasteiger partial charge in [0.05, 0.1) is 17.7 Å². The van der Waals surface area contributed by atoms with E-state index >= 15 is 0 Å². The number of benzene rings is 2. The molecule has 0 fully saturated rings. The van der Waals surface area contributed by atoms with E-state index < -0.39 is 0 Å². The van der Waals surface area contributed by atoms with Gasteiger partial charge in [0.15, 0.2) is 6.29 Å². The molecule has 0 saturated carbocycles. The van der Waals surface area contributed by atoms with E-state index in [-0.39, 0.29) is 17.3 Å². The second kappa shape index (κ2) is 6.02. The number of phenols is 1. The van der Waals surface area contributed by atoms with Crippen LogP contribution in [-0.2, 0) is 4.74 Å². The Morgan fingerprint density at radius 1 is 1.20 bits per heavy atom. The van der Waals surface area contributed by atoms with Gasteiger partial charge in [-0.3, -0.25) is 4.79 Å². The average molecular weight is 270 g/mol. The summed E-state index contributed by atoms with van der Waals surface area (Å²) in [6.45, 7) is 2.07. The Kier molecular flexibility index (Phi) is 4.15.